The molecule has 1 aromatic heterocycles. The van der Waals surface area contributed by atoms with Gasteiger partial charge in [-0.2, -0.15) is 0 Å². The lowest BCUT2D eigenvalue weighted by molar-refractivity contribution is 0.606. The zero-order chi connectivity index (χ0) is 16.1. The standard InChI is InChI=1S/C19H15NO2S/c21-23(22,18-11-5-2-6-12-18)19(17-10-7-13-20-15-17)14-16-8-3-1-4-9-16/h1-15H. The number of rotatable bonds is 4. The molecule has 0 amide bonds. The smallest absolute Gasteiger partial charge is 0.207 e. The third-order valence-electron chi connectivity index (χ3n) is 3.39. The van der Waals surface area contributed by atoms with Gasteiger partial charge in [0.05, 0.1) is 9.80 Å². The van der Waals surface area contributed by atoms with E-state index in [1.54, 1.807) is 60.9 Å². The summed E-state index contributed by atoms with van der Waals surface area (Å²) in [5.41, 5.74) is 1.39. The Morgan fingerprint density at radius 2 is 1.48 bits per heavy atom. The highest BCUT2D eigenvalue weighted by Gasteiger charge is 2.22. The monoisotopic (exact) mass is 321 g/mol. The van der Waals surface area contributed by atoms with E-state index < -0.39 is 9.84 Å². The lowest BCUT2D eigenvalue weighted by Crippen LogP contribution is -2.04. The highest BCUT2D eigenvalue weighted by atomic mass is 32.2. The second kappa shape index (κ2) is 6.58. The van der Waals surface area contributed by atoms with Crippen molar-refractivity contribution in [2.45, 2.75) is 4.90 Å². The molecule has 0 fully saturated rings. The van der Waals surface area contributed by atoms with Gasteiger partial charge >= 0.3 is 0 Å². The van der Waals surface area contributed by atoms with Gasteiger partial charge in [0.1, 0.15) is 0 Å². The number of hydrogen-bond donors (Lipinski definition) is 0. The van der Waals surface area contributed by atoms with Gasteiger partial charge in [-0.15, -0.1) is 0 Å². The molecule has 3 rings (SSSR count). The molecule has 114 valence electrons. The first-order chi connectivity index (χ1) is 11.2. The van der Waals surface area contributed by atoms with Crippen LogP contribution < -0.4 is 0 Å². The van der Waals surface area contributed by atoms with Gasteiger partial charge in [-0.25, -0.2) is 8.42 Å². The van der Waals surface area contributed by atoms with Crippen molar-refractivity contribution >= 4 is 20.8 Å². The van der Waals surface area contributed by atoms with Gasteiger partial charge in [0, 0.05) is 18.0 Å². The van der Waals surface area contributed by atoms with Crippen LogP contribution in [0.1, 0.15) is 11.1 Å². The number of pyridine rings is 1. The number of benzene rings is 2. The summed E-state index contributed by atoms with van der Waals surface area (Å²) in [6.07, 6.45) is 4.87. The van der Waals surface area contributed by atoms with Crippen LogP contribution in [0.3, 0.4) is 0 Å². The topological polar surface area (TPSA) is 47.0 Å². The van der Waals surface area contributed by atoms with Gasteiger partial charge in [-0.05, 0) is 29.8 Å². The molecule has 3 aromatic rings. The number of hydrogen-bond acceptors (Lipinski definition) is 3. The second-order valence-corrected chi connectivity index (χ2v) is 6.90. The molecule has 0 bridgehead atoms. The summed E-state index contributed by atoms with van der Waals surface area (Å²) >= 11 is 0. The summed E-state index contributed by atoms with van der Waals surface area (Å²) in [6, 6.07) is 21.3. The average Bonchev–Trinajstić information content (AvgIpc) is 2.62. The molecule has 0 aliphatic heterocycles. The molecule has 0 spiro atoms. The van der Waals surface area contributed by atoms with Gasteiger partial charge in [0.25, 0.3) is 0 Å². The Kier molecular flexibility index (Phi) is 4.35. The van der Waals surface area contributed by atoms with E-state index in [1.807, 2.05) is 30.3 Å². The highest BCUT2D eigenvalue weighted by Crippen LogP contribution is 2.29. The fraction of sp³-hybridized carbons (Fsp3) is 0. The molecule has 0 saturated carbocycles. The fourth-order valence-electron chi connectivity index (χ4n) is 2.25. The maximum absolute atomic E-state index is 13.0. The number of sulfone groups is 1. The van der Waals surface area contributed by atoms with Gasteiger partial charge in [-0.1, -0.05) is 54.6 Å². The van der Waals surface area contributed by atoms with Crippen molar-refractivity contribution < 1.29 is 8.42 Å². The van der Waals surface area contributed by atoms with E-state index in [2.05, 4.69) is 4.98 Å². The minimum atomic E-state index is -3.63. The first kappa shape index (κ1) is 15.2. The second-order valence-electron chi connectivity index (χ2n) is 4.98. The summed E-state index contributed by atoms with van der Waals surface area (Å²) in [6.45, 7) is 0. The maximum atomic E-state index is 13.0. The summed E-state index contributed by atoms with van der Waals surface area (Å²) in [5, 5.41) is 0. The quantitative estimate of drug-likeness (QED) is 0.728. The van der Waals surface area contributed by atoms with Crippen molar-refractivity contribution in [1.29, 1.82) is 0 Å². The zero-order valence-corrected chi connectivity index (χ0v) is 13.1. The van der Waals surface area contributed by atoms with E-state index in [0.29, 0.717) is 5.56 Å². The predicted molar refractivity (Wildman–Crippen MR) is 92.2 cm³/mol. The molecule has 3 nitrogen and oxygen atoms in total. The Labute approximate surface area is 135 Å². The van der Waals surface area contributed by atoms with Crippen LogP contribution in [-0.4, -0.2) is 13.4 Å². The van der Waals surface area contributed by atoms with Gasteiger partial charge in [0.15, 0.2) is 0 Å². The van der Waals surface area contributed by atoms with Crippen molar-refractivity contribution in [2.24, 2.45) is 0 Å². The first-order valence-corrected chi connectivity index (χ1v) is 8.63. The third kappa shape index (κ3) is 3.38. The summed E-state index contributed by atoms with van der Waals surface area (Å²) < 4.78 is 26.1. The third-order valence-corrected chi connectivity index (χ3v) is 5.21. The Hall–Kier alpha value is -2.72. The van der Waals surface area contributed by atoms with Crippen LogP contribution in [0.15, 0.2) is 90.1 Å². The average molecular weight is 321 g/mol. The van der Waals surface area contributed by atoms with Crippen molar-refractivity contribution in [3.63, 3.8) is 0 Å². The normalized spacial score (nSPS) is 12.1. The van der Waals surface area contributed by atoms with E-state index >= 15 is 0 Å². The molecule has 0 unspecified atom stereocenters. The minimum Gasteiger partial charge on any atom is -0.264 e. The predicted octanol–water partition coefficient (Wildman–Crippen LogP) is 4.05. The van der Waals surface area contributed by atoms with E-state index in [4.69, 9.17) is 0 Å². The number of nitrogens with zero attached hydrogens (tertiary/aromatic N) is 1. The van der Waals surface area contributed by atoms with Crippen LogP contribution in [0.4, 0.5) is 0 Å². The Morgan fingerprint density at radius 1 is 0.826 bits per heavy atom. The lowest BCUT2D eigenvalue weighted by atomic mass is 10.1. The SMILES string of the molecule is O=S(=O)(C(=Cc1ccccc1)c1cccnc1)c1ccccc1. The summed E-state index contributed by atoms with van der Waals surface area (Å²) in [7, 11) is -3.63. The molecule has 0 N–H and O–H groups in total. The minimum absolute atomic E-state index is 0.239. The van der Waals surface area contributed by atoms with Crippen molar-refractivity contribution in [1.82, 2.24) is 4.98 Å². The largest absolute Gasteiger partial charge is 0.264 e. The van der Waals surface area contributed by atoms with E-state index in [1.165, 1.54) is 0 Å². The summed E-state index contributed by atoms with van der Waals surface area (Å²) in [5.74, 6) is 0. The molecule has 0 aliphatic rings. The number of aromatic nitrogens is 1. The highest BCUT2D eigenvalue weighted by molar-refractivity contribution is 8.00. The molecule has 2 aromatic carbocycles. The molecule has 1 heterocycles. The molecule has 0 saturated heterocycles. The molecule has 4 heteroatoms. The van der Waals surface area contributed by atoms with E-state index in [0.717, 1.165) is 5.56 Å². The van der Waals surface area contributed by atoms with Gasteiger partial charge in [-0.3, -0.25) is 4.98 Å². The Bertz CT molecular complexity index is 903. The molecule has 0 aliphatic carbocycles. The van der Waals surface area contributed by atoms with Gasteiger partial charge < -0.3 is 0 Å². The Morgan fingerprint density at radius 3 is 2.09 bits per heavy atom. The van der Waals surface area contributed by atoms with Crippen LogP contribution in [0.25, 0.3) is 11.0 Å². The van der Waals surface area contributed by atoms with Gasteiger partial charge in [0.2, 0.25) is 9.84 Å². The first-order valence-electron chi connectivity index (χ1n) is 7.15. The van der Waals surface area contributed by atoms with Crippen LogP contribution in [0.5, 0.6) is 0 Å². The molecular formula is C19H15NO2S. The van der Waals surface area contributed by atoms with Crippen molar-refractivity contribution in [3.05, 3.63) is 96.3 Å². The van der Waals surface area contributed by atoms with Crippen molar-refractivity contribution in [2.75, 3.05) is 0 Å². The van der Waals surface area contributed by atoms with Crippen molar-refractivity contribution in [3.8, 4) is 0 Å². The van der Waals surface area contributed by atoms with Crippen LogP contribution in [0.2, 0.25) is 0 Å². The molecule has 0 atom stereocenters. The van der Waals surface area contributed by atoms with E-state index in [9.17, 15) is 8.42 Å². The van der Waals surface area contributed by atoms with Crippen LogP contribution in [-0.2, 0) is 9.84 Å². The summed E-state index contributed by atoms with van der Waals surface area (Å²) in [4.78, 5) is 4.56. The molecular weight excluding hydrogens is 306 g/mol. The van der Waals surface area contributed by atoms with E-state index in [-0.39, 0.29) is 9.80 Å². The van der Waals surface area contributed by atoms with Crippen LogP contribution >= 0.6 is 0 Å². The lowest BCUT2D eigenvalue weighted by Gasteiger charge is -2.10. The fourth-order valence-corrected chi connectivity index (χ4v) is 3.74. The zero-order valence-electron chi connectivity index (χ0n) is 12.3. The molecule has 23 heavy (non-hydrogen) atoms. The maximum Gasteiger partial charge on any atom is 0.207 e. The Balaban J connectivity index is 2.19. The van der Waals surface area contributed by atoms with Crippen LogP contribution in [0, 0.1) is 0 Å². The molecule has 0 radical (unpaired) electrons.